The Morgan fingerprint density at radius 2 is 2.05 bits per heavy atom. The molecule has 0 amide bonds. The van der Waals surface area contributed by atoms with E-state index in [1.54, 1.807) is 12.1 Å². The Labute approximate surface area is 118 Å². The maximum atomic E-state index is 13.8. The van der Waals surface area contributed by atoms with Crippen LogP contribution in [0.4, 0.5) is 4.39 Å². The molecule has 1 unspecified atom stereocenters. The van der Waals surface area contributed by atoms with Crippen molar-refractivity contribution in [1.82, 2.24) is 15.6 Å². The summed E-state index contributed by atoms with van der Waals surface area (Å²) >= 11 is 0. The van der Waals surface area contributed by atoms with E-state index in [9.17, 15) is 4.39 Å². The van der Waals surface area contributed by atoms with Crippen LogP contribution in [0.15, 0.2) is 30.3 Å². The predicted molar refractivity (Wildman–Crippen MR) is 76.3 cm³/mol. The quantitative estimate of drug-likeness (QED) is 0.648. The van der Waals surface area contributed by atoms with Crippen molar-refractivity contribution in [2.24, 2.45) is 5.84 Å². The number of nitrogens with one attached hydrogen (secondary N) is 1. The molecule has 0 saturated heterocycles. The molecule has 0 saturated carbocycles. The highest BCUT2D eigenvalue weighted by atomic mass is 19.1. The lowest BCUT2D eigenvalue weighted by Crippen LogP contribution is -2.31. The first-order valence-corrected chi connectivity index (χ1v) is 6.68. The molecule has 1 heterocycles. The minimum absolute atomic E-state index is 0.184. The number of benzene rings is 1. The highest BCUT2D eigenvalue weighted by molar-refractivity contribution is 5.28. The number of hydrogen-bond acceptors (Lipinski definition) is 4. The van der Waals surface area contributed by atoms with Gasteiger partial charge in [0.1, 0.15) is 5.82 Å². The Morgan fingerprint density at radius 1 is 1.30 bits per heavy atom. The molecule has 5 heteroatoms. The van der Waals surface area contributed by atoms with Crippen molar-refractivity contribution >= 4 is 0 Å². The van der Waals surface area contributed by atoms with Crippen LogP contribution < -0.4 is 11.3 Å². The summed E-state index contributed by atoms with van der Waals surface area (Å²) in [4.78, 5) is 0. The van der Waals surface area contributed by atoms with Gasteiger partial charge in [-0.15, -0.1) is 0 Å². The second kappa shape index (κ2) is 6.54. The molecule has 4 nitrogen and oxygen atoms in total. The zero-order chi connectivity index (χ0) is 14.5. The molecule has 20 heavy (non-hydrogen) atoms. The van der Waals surface area contributed by atoms with Gasteiger partial charge in [0.15, 0.2) is 0 Å². The molecule has 0 aliphatic rings. The lowest BCUT2D eigenvalue weighted by atomic mass is 9.97. The van der Waals surface area contributed by atoms with Crippen LogP contribution in [0.1, 0.15) is 35.5 Å². The highest BCUT2D eigenvalue weighted by Crippen LogP contribution is 2.22. The maximum Gasteiger partial charge on any atom is 0.126 e. The van der Waals surface area contributed by atoms with E-state index in [2.05, 4.69) is 15.6 Å². The van der Waals surface area contributed by atoms with Crippen LogP contribution in [-0.4, -0.2) is 10.2 Å². The third-order valence-electron chi connectivity index (χ3n) is 3.32. The molecule has 0 radical (unpaired) electrons. The molecule has 0 fully saturated rings. The van der Waals surface area contributed by atoms with E-state index in [1.165, 1.54) is 6.07 Å². The van der Waals surface area contributed by atoms with Crippen LogP contribution >= 0.6 is 0 Å². The van der Waals surface area contributed by atoms with Crippen molar-refractivity contribution in [3.05, 3.63) is 58.7 Å². The Hall–Kier alpha value is -1.85. The smallest absolute Gasteiger partial charge is 0.126 e. The standard InChI is InChI=1S/C15H19FN4/c1-3-14-12(8-10(2)19-20-14)15(18-17)9-11-6-4-5-7-13(11)16/h4-8,15,18H,3,9,17H2,1-2H3. The van der Waals surface area contributed by atoms with Crippen molar-refractivity contribution in [1.29, 1.82) is 0 Å². The number of rotatable bonds is 5. The van der Waals surface area contributed by atoms with E-state index >= 15 is 0 Å². The van der Waals surface area contributed by atoms with Crippen LogP contribution in [0.5, 0.6) is 0 Å². The molecule has 0 spiro atoms. The Bertz CT molecular complexity index is 586. The van der Waals surface area contributed by atoms with E-state index in [1.807, 2.05) is 26.0 Å². The third kappa shape index (κ3) is 3.18. The van der Waals surface area contributed by atoms with Crippen LogP contribution in [0, 0.1) is 12.7 Å². The number of nitrogens with two attached hydrogens (primary N) is 1. The third-order valence-corrected chi connectivity index (χ3v) is 3.32. The summed E-state index contributed by atoms with van der Waals surface area (Å²) in [6, 6.07) is 8.50. The van der Waals surface area contributed by atoms with E-state index < -0.39 is 0 Å². The molecular weight excluding hydrogens is 255 g/mol. The van der Waals surface area contributed by atoms with Gasteiger partial charge in [-0.1, -0.05) is 25.1 Å². The zero-order valence-corrected chi connectivity index (χ0v) is 11.7. The average molecular weight is 274 g/mol. The summed E-state index contributed by atoms with van der Waals surface area (Å²) in [5.74, 6) is 5.44. The fraction of sp³-hybridized carbons (Fsp3) is 0.333. The van der Waals surface area contributed by atoms with Gasteiger partial charge in [0, 0.05) is 0 Å². The lowest BCUT2D eigenvalue weighted by molar-refractivity contribution is 0.522. The molecule has 0 aliphatic carbocycles. The molecule has 1 aromatic carbocycles. The van der Waals surface area contributed by atoms with Gasteiger partial charge in [-0.3, -0.25) is 11.3 Å². The van der Waals surface area contributed by atoms with E-state index in [-0.39, 0.29) is 11.9 Å². The topological polar surface area (TPSA) is 63.8 Å². The molecule has 1 aromatic heterocycles. The second-order valence-corrected chi connectivity index (χ2v) is 4.76. The molecule has 3 N–H and O–H groups in total. The first-order valence-electron chi connectivity index (χ1n) is 6.68. The minimum atomic E-state index is -0.218. The fourth-order valence-corrected chi connectivity index (χ4v) is 2.25. The summed E-state index contributed by atoms with van der Waals surface area (Å²) in [7, 11) is 0. The van der Waals surface area contributed by atoms with Gasteiger partial charge in [-0.25, -0.2) is 4.39 Å². The van der Waals surface area contributed by atoms with Gasteiger partial charge >= 0.3 is 0 Å². The van der Waals surface area contributed by atoms with E-state index in [4.69, 9.17) is 5.84 Å². The molecule has 0 bridgehead atoms. The minimum Gasteiger partial charge on any atom is -0.271 e. The van der Waals surface area contributed by atoms with Crippen molar-refractivity contribution in [2.45, 2.75) is 32.7 Å². The normalized spacial score (nSPS) is 12.4. The fourth-order valence-electron chi connectivity index (χ4n) is 2.25. The first-order chi connectivity index (χ1) is 9.65. The Balaban J connectivity index is 2.33. The monoisotopic (exact) mass is 274 g/mol. The van der Waals surface area contributed by atoms with Gasteiger partial charge in [0.2, 0.25) is 0 Å². The summed E-state index contributed by atoms with van der Waals surface area (Å²) in [6.07, 6.45) is 1.24. The SMILES string of the molecule is CCc1nnc(C)cc1C(Cc1ccccc1F)NN. The summed E-state index contributed by atoms with van der Waals surface area (Å²) < 4.78 is 13.8. The van der Waals surface area contributed by atoms with Gasteiger partial charge in [-0.05, 0) is 43.0 Å². The Morgan fingerprint density at radius 3 is 2.70 bits per heavy atom. The first kappa shape index (κ1) is 14.6. The zero-order valence-electron chi connectivity index (χ0n) is 11.7. The van der Waals surface area contributed by atoms with Gasteiger partial charge < -0.3 is 0 Å². The number of aromatic nitrogens is 2. The van der Waals surface area contributed by atoms with Crippen molar-refractivity contribution in [3.8, 4) is 0 Å². The average Bonchev–Trinajstić information content (AvgIpc) is 2.46. The van der Waals surface area contributed by atoms with Gasteiger partial charge in [0.25, 0.3) is 0 Å². The van der Waals surface area contributed by atoms with E-state index in [0.29, 0.717) is 12.0 Å². The highest BCUT2D eigenvalue weighted by Gasteiger charge is 2.17. The molecular formula is C15H19FN4. The van der Waals surface area contributed by atoms with Gasteiger partial charge in [-0.2, -0.15) is 10.2 Å². The second-order valence-electron chi connectivity index (χ2n) is 4.76. The molecule has 2 rings (SSSR count). The van der Waals surface area contributed by atoms with Crippen LogP contribution in [0.3, 0.4) is 0 Å². The summed E-state index contributed by atoms with van der Waals surface area (Å²) in [5.41, 5.74) is 6.08. The maximum absolute atomic E-state index is 13.8. The molecule has 1 atom stereocenters. The number of nitrogens with zero attached hydrogens (tertiary/aromatic N) is 2. The predicted octanol–water partition coefficient (Wildman–Crippen LogP) is 2.23. The van der Waals surface area contributed by atoms with Gasteiger partial charge in [0.05, 0.1) is 17.4 Å². The number of aryl methyl sites for hydroxylation is 2. The Kier molecular flexibility index (Phi) is 4.76. The largest absolute Gasteiger partial charge is 0.271 e. The van der Waals surface area contributed by atoms with Crippen molar-refractivity contribution in [2.75, 3.05) is 0 Å². The number of hydrazine groups is 1. The lowest BCUT2D eigenvalue weighted by Gasteiger charge is -2.19. The van der Waals surface area contributed by atoms with Crippen LogP contribution in [0.2, 0.25) is 0 Å². The van der Waals surface area contributed by atoms with Crippen molar-refractivity contribution in [3.63, 3.8) is 0 Å². The molecule has 0 aliphatic heterocycles. The van der Waals surface area contributed by atoms with Crippen LogP contribution in [-0.2, 0) is 12.8 Å². The summed E-state index contributed by atoms with van der Waals surface area (Å²) in [5, 5.41) is 8.25. The number of halogens is 1. The molecule has 2 aromatic rings. The molecule has 106 valence electrons. The summed E-state index contributed by atoms with van der Waals surface area (Å²) in [6.45, 7) is 3.89. The van der Waals surface area contributed by atoms with Crippen molar-refractivity contribution < 1.29 is 4.39 Å². The van der Waals surface area contributed by atoms with E-state index in [0.717, 1.165) is 23.4 Å². The van der Waals surface area contributed by atoms with Crippen LogP contribution in [0.25, 0.3) is 0 Å². The number of hydrogen-bond donors (Lipinski definition) is 2.